The van der Waals surface area contributed by atoms with Gasteiger partial charge in [-0.3, -0.25) is 4.79 Å². The van der Waals surface area contributed by atoms with Crippen LogP contribution in [0.2, 0.25) is 0 Å². The molecule has 0 fully saturated rings. The maximum atomic E-state index is 14.1. The van der Waals surface area contributed by atoms with Crippen molar-refractivity contribution in [3.8, 4) is 6.07 Å². The SMILES string of the molecule is CNC(=O)c1ccc(NC(C)(C)C(O)Nc2ccc(C#N)c(C(F)(F)F)c2)cc1F. The van der Waals surface area contributed by atoms with Gasteiger partial charge in [-0.05, 0) is 50.2 Å². The summed E-state index contributed by atoms with van der Waals surface area (Å²) in [6, 6.07) is 8.23. The van der Waals surface area contributed by atoms with Crippen molar-refractivity contribution in [2.45, 2.75) is 31.8 Å². The first-order valence-electron chi connectivity index (χ1n) is 8.75. The molecule has 0 aliphatic heterocycles. The number of carbonyl (C=O) groups excluding carboxylic acids is 1. The van der Waals surface area contributed by atoms with Gasteiger partial charge in [0.15, 0.2) is 0 Å². The molecule has 0 aromatic heterocycles. The van der Waals surface area contributed by atoms with Gasteiger partial charge in [0.05, 0.1) is 28.3 Å². The van der Waals surface area contributed by atoms with Crippen molar-refractivity contribution in [1.82, 2.24) is 5.32 Å². The lowest BCUT2D eigenvalue weighted by Crippen LogP contribution is -2.48. The molecule has 30 heavy (non-hydrogen) atoms. The number of halogens is 4. The fourth-order valence-electron chi connectivity index (χ4n) is 2.66. The fourth-order valence-corrected chi connectivity index (χ4v) is 2.66. The van der Waals surface area contributed by atoms with Crippen LogP contribution in [0.25, 0.3) is 0 Å². The third-order valence-electron chi connectivity index (χ3n) is 4.34. The van der Waals surface area contributed by atoms with E-state index in [0.717, 1.165) is 18.2 Å². The molecule has 0 saturated heterocycles. The average molecular weight is 424 g/mol. The van der Waals surface area contributed by atoms with Crippen molar-refractivity contribution in [3.63, 3.8) is 0 Å². The minimum atomic E-state index is -4.73. The molecule has 0 heterocycles. The Morgan fingerprint density at radius 2 is 1.77 bits per heavy atom. The maximum Gasteiger partial charge on any atom is 0.417 e. The number of nitrogens with zero attached hydrogens (tertiary/aromatic N) is 1. The van der Waals surface area contributed by atoms with Gasteiger partial charge in [-0.2, -0.15) is 18.4 Å². The molecule has 2 aromatic carbocycles. The monoisotopic (exact) mass is 424 g/mol. The lowest BCUT2D eigenvalue weighted by Gasteiger charge is -2.34. The Morgan fingerprint density at radius 1 is 1.13 bits per heavy atom. The molecule has 10 heteroatoms. The number of aliphatic hydroxyl groups excluding tert-OH is 1. The van der Waals surface area contributed by atoms with Crippen LogP contribution in [0.3, 0.4) is 0 Å². The zero-order chi connectivity index (χ0) is 22.7. The Hall–Kier alpha value is -3.32. The molecular weight excluding hydrogens is 404 g/mol. The second kappa shape index (κ2) is 8.59. The van der Waals surface area contributed by atoms with Gasteiger partial charge < -0.3 is 21.1 Å². The van der Waals surface area contributed by atoms with E-state index in [9.17, 15) is 27.5 Å². The quantitative estimate of drug-likeness (QED) is 0.419. The van der Waals surface area contributed by atoms with E-state index in [4.69, 9.17) is 5.26 Å². The van der Waals surface area contributed by atoms with E-state index in [-0.39, 0.29) is 16.9 Å². The number of rotatable bonds is 6. The number of hydrogen-bond acceptors (Lipinski definition) is 5. The molecule has 1 amide bonds. The van der Waals surface area contributed by atoms with Crippen LogP contribution in [0.1, 0.15) is 35.3 Å². The Labute approximate surface area is 170 Å². The summed E-state index contributed by atoms with van der Waals surface area (Å²) in [5.74, 6) is -1.37. The number of hydrogen-bond donors (Lipinski definition) is 4. The first kappa shape index (κ1) is 23.0. The second-order valence-electron chi connectivity index (χ2n) is 7.04. The van der Waals surface area contributed by atoms with Gasteiger partial charge in [-0.15, -0.1) is 0 Å². The van der Waals surface area contributed by atoms with E-state index in [0.29, 0.717) is 0 Å². The summed E-state index contributed by atoms with van der Waals surface area (Å²) in [4.78, 5) is 11.6. The summed E-state index contributed by atoms with van der Waals surface area (Å²) >= 11 is 0. The molecule has 1 atom stereocenters. The van der Waals surface area contributed by atoms with Crippen molar-refractivity contribution in [2.24, 2.45) is 0 Å². The third-order valence-corrected chi connectivity index (χ3v) is 4.34. The van der Waals surface area contributed by atoms with Gasteiger partial charge in [-0.25, -0.2) is 4.39 Å². The third kappa shape index (κ3) is 5.18. The van der Waals surface area contributed by atoms with E-state index in [1.165, 1.54) is 31.3 Å². The topological polar surface area (TPSA) is 97.2 Å². The summed E-state index contributed by atoms with van der Waals surface area (Å²) in [6.07, 6.45) is -6.13. The van der Waals surface area contributed by atoms with E-state index >= 15 is 0 Å². The highest BCUT2D eigenvalue weighted by atomic mass is 19.4. The van der Waals surface area contributed by atoms with Gasteiger partial charge in [-0.1, -0.05) is 0 Å². The standard InChI is InChI=1S/C20H20F4N4O2/c1-19(2,28-13-6-7-14(16(21)9-13)17(29)26-3)18(30)27-12-5-4-11(10-25)15(8-12)20(22,23)24/h4-9,18,27-28,30H,1-3H3,(H,26,29). The first-order chi connectivity index (χ1) is 13.9. The molecule has 160 valence electrons. The van der Waals surface area contributed by atoms with E-state index < -0.39 is 40.8 Å². The van der Waals surface area contributed by atoms with Gasteiger partial charge in [0.2, 0.25) is 0 Å². The molecule has 0 radical (unpaired) electrons. The predicted octanol–water partition coefficient (Wildman–Crippen LogP) is 3.70. The summed E-state index contributed by atoms with van der Waals surface area (Å²) in [7, 11) is 1.37. The summed E-state index contributed by atoms with van der Waals surface area (Å²) < 4.78 is 53.5. The Kier molecular flexibility index (Phi) is 6.57. The Balaban J connectivity index is 2.20. The number of carbonyl (C=O) groups is 1. The van der Waals surface area contributed by atoms with Crippen LogP contribution in [0.5, 0.6) is 0 Å². The van der Waals surface area contributed by atoms with Crippen molar-refractivity contribution in [2.75, 3.05) is 17.7 Å². The van der Waals surface area contributed by atoms with Gasteiger partial charge in [0.1, 0.15) is 12.0 Å². The molecule has 0 spiro atoms. The predicted molar refractivity (Wildman–Crippen MR) is 103 cm³/mol. The van der Waals surface area contributed by atoms with Crippen LogP contribution in [0, 0.1) is 17.1 Å². The first-order valence-corrected chi connectivity index (χ1v) is 8.75. The number of amides is 1. The van der Waals surface area contributed by atoms with Crippen LogP contribution < -0.4 is 16.0 Å². The van der Waals surface area contributed by atoms with Gasteiger partial charge >= 0.3 is 6.18 Å². The zero-order valence-electron chi connectivity index (χ0n) is 16.4. The summed E-state index contributed by atoms with van der Waals surface area (Å²) in [5.41, 5.74) is -2.78. The number of aliphatic hydroxyl groups is 1. The van der Waals surface area contributed by atoms with Crippen molar-refractivity contribution in [1.29, 1.82) is 5.26 Å². The van der Waals surface area contributed by atoms with Crippen molar-refractivity contribution >= 4 is 17.3 Å². The highest BCUT2D eigenvalue weighted by Crippen LogP contribution is 2.34. The molecule has 1 unspecified atom stereocenters. The molecule has 6 nitrogen and oxygen atoms in total. The minimum absolute atomic E-state index is 0.0511. The van der Waals surface area contributed by atoms with Crippen molar-refractivity contribution < 1.29 is 27.5 Å². The van der Waals surface area contributed by atoms with Gasteiger partial charge in [0, 0.05) is 18.4 Å². The maximum absolute atomic E-state index is 14.1. The van der Waals surface area contributed by atoms with Crippen LogP contribution in [-0.2, 0) is 6.18 Å². The number of nitrogens with one attached hydrogen (secondary N) is 3. The molecule has 0 saturated carbocycles. The molecular formula is C20H20F4N4O2. The van der Waals surface area contributed by atoms with E-state index in [2.05, 4.69) is 16.0 Å². The molecule has 2 aromatic rings. The second-order valence-corrected chi connectivity index (χ2v) is 7.04. The summed E-state index contributed by atoms with van der Waals surface area (Å²) in [5, 5.41) is 27.1. The van der Waals surface area contributed by atoms with Gasteiger partial charge in [0.25, 0.3) is 5.91 Å². The molecule has 2 rings (SSSR count). The molecule has 4 N–H and O–H groups in total. The fraction of sp³-hybridized carbons (Fsp3) is 0.300. The van der Waals surface area contributed by atoms with E-state index in [1.54, 1.807) is 13.8 Å². The zero-order valence-corrected chi connectivity index (χ0v) is 16.4. The minimum Gasteiger partial charge on any atom is -0.376 e. The normalized spacial score (nSPS) is 12.6. The van der Waals surface area contributed by atoms with Crippen LogP contribution in [0.15, 0.2) is 36.4 Å². The smallest absolute Gasteiger partial charge is 0.376 e. The van der Waals surface area contributed by atoms with E-state index in [1.807, 2.05) is 0 Å². The number of anilines is 2. The van der Waals surface area contributed by atoms with Crippen LogP contribution in [0.4, 0.5) is 28.9 Å². The van der Waals surface area contributed by atoms with Crippen LogP contribution >= 0.6 is 0 Å². The lowest BCUT2D eigenvalue weighted by molar-refractivity contribution is -0.137. The Morgan fingerprint density at radius 3 is 2.30 bits per heavy atom. The molecule has 0 aliphatic carbocycles. The number of benzene rings is 2. The molecule has 0 aliphatic rings. The van der Waals surface area contributed by atoms with Crippen LogP contribution in [-0.4, -0.2) is 29.8 Å². The Bertz CT molecular complexity index is 984. The summed E-state index contributed by atoms with van der Waals surface area (Å²) in [6.45, 7) is 3.09. The molecule has 0 bridgehead atoms. The average Bonchev–Trinajstić information content (AvgIpc) is 2.66. The number of nitriles is 1. The lowest BCUT2D eigenvalue weighted by atomic mass is 10.0. The largest absolute Gasteiger partial charge is 0.417 e. The number of alkyl halides is 3. The highest BCUT2D eigenvalue weighted by molar-refractivity contribution is 5.94. The van der Waals surface area contributed by atoms with Crippen molar-refractivity contribution in [3.05, 3.63) is 58.9 Å². The highest BCUT2D eigenvalue weighted by Gasteiger charge is 2.34.